The lowest BCUT2D eigenvalue weighted by Crippen LogP contribution is -2.15. The van der Waals surface area contributed by atoms with Gasteiger partial charge in [-0.3, -0.25) is 0 Å². The van der Waals surface area contributed by atoms with Crippen molar-refractivity contribution in [3.63, 3.8) is 0 Å². The zero-order chi connectivity index (χ0) is 14.9. The van der Waals surface area contributed by atoms with Crippen LogP contribution in [0.1, 0.15) is 0 Å². The predicted molar refractivity (Wildman–Crippen MR) is 86.8 cm³/mol. The third kappa shape index (κ3) is 2.53. The molecule has 0 unspecified atom stereocenters. The zero-order valence-electron chi connectivity index (χ0n) is 11.5. The minimum Gasteiger partial charge on any atom is -0.486 e. The Hall–Kier alpha value is -2.11. The Kier molecular flexibility index (Phi) is 3.44. The highest BCUT2D eigenvalue weighted by molar-refractivity contribution is 7.13. The number of rotatable bonds is 2. The van der Waals surface area contributed by atoms with Crippen molar-refractivity contribution < 1.29 is 9.47 Å². The maximum absolute atomic E-state index is 5.93. The molecule has 6 heteroatoms. The van der Waals surface area contributed by atoms with Gasteiger partial charge in [0.25, 0.3) is 0 Å². The molecule has 22 heavy (non-hydrogen) atoms. The summed E-state index contributed by atoms with van der Waals surface area (Å²) < 4.78 is 11.2. The summed E-state index contributed by atoms with van der Waals surface area (Å²) in [6.45, 7) is 1.17. The van der Waals surface area contributed by atoms with Gasteiger partial charge in [-0.05, 0) is 30.3 Å². The van der Waals surface area contributed by atoms with Crippen molar-refractivity contribution in [3.8, 4) is 33.3 Å². The summed E-state index contributed by atoms with van der Waals surface area (Å²) in [6, 6.07) is 9.59. The van der Waals surface area contributed by atoms with Crippen molar-refractivity contribution >= 4 is 22.9 Å². The highest BCUT2D eigenvalue weighted by Gasteiger charge is 2.14. The predicted octanol–water partition coefficient (Wildman–Crippen LogP) is 4.30. The van der Waals surface area contributed by atoms with Gasteiger partial charge in [0.15, 0.2) is 11.5 Å². The van der Waals surface area contributed by atoms with E-state index >= 15 is 0 Å². The van der Waals surface area contributed by atoms with Gasteiger partial charge in [0.2, 0.25) is 0 Å². The van der Waals surface area contributed by atoms with E-state index in [4.69, 9.17) is 21.1 Å². The molecular weight excluding hydrogens is 320 g/mol. The Morgan fingerprint density at radius 1 is 1.00 bits per heavy atom. The quantitative estimate of drug-likeness (QED) is 0.657. The molecule has 4 nitrogen and oxygen atoms in total. The number of benzene rings is 1. The molecule has 3 heterocycles. The molecule has 0 amide bonds. The van der Waals surface area contributed by atoms with Gasteiger partial charge in [0.05, 0.1) is 5.69 Å². The molecule has 0 spiro atoms. The van der Waals surface area contributed by atoms with Gasteiger partial charge >= 0.3 is 0 Å². The minimum atomic E-state index is 0.466. The van der Waals surface area contributed by atoms with Crippen LogP contribution in [0, 0.1) is 0 Å². The normalized spacial score (nSPS) is 13.1. The van der Waals surface area contributed by atoms with Crippen LogP contribution in [-0.4, -0.2) is 23.2 Å². The number of thiazole rings is 1. The molecule has 0 atom stereocenters. The lowest BCUT2D eigenvalue weighted by Gasteiger charge is -2.18. The third-order valence-electron chi connectivity index (χ3n) is 3.32. The molecule has 0 aliphatic carbocycles. The lowest BCUT2D eigenvalue weighted by atomic mass is 10.1. The SMILES string of the molecule is Clc1cc(-c2nc(-c3ccc4c(c3)OCCO4)cs2)ccn1. The summed E-state index contributed by atoms with van der Waals surface area (Å²) in [5, 5.41) is 3.40. The van der Waals surface area contributed by atoms with Crippen molar-refractivity contribution in [2.75, 3.05) is 13.2 Å². The summed E-state index contributed by atoms with van der Waals surface area (Å²) in [5.74, 6) is 1.55. The van der Waals surface area contributed by atoms with Crippen LogP contribution in [0.5, 0.6) is 11.5 Å². The molecule has 0 saturated carbocycles. The van der Waals surface area contributed by atoms with Gasteiger partial charge in [0.1, 0.15) is 23.4 Å². The van der Waals surface area contributed by atoms with Crippen molar-refractivity contribution in [1.82, 2.24) is 9.97 Å². The highest BCUT2D eigenvalue weighted by atomic mass is 35.5. The van der Waals surface area contributed by atoms with Crippen LogP contribution in [0.2, 0.25) is 5.15 Å². The molecule has 0 saturated heterocycles. The average molecular weight is 331 g/mol. The number of ether oxygens (including phenoxy) is 2. The number of nitrogens with zero attached hydrogens (tertiary/aromatic N) is 2. The van der Waals surface area contributed by atoms with Crippen molar-refractivity contribution in [2.45, 2.75) is 0 Å². The van der Waals surface area contributed by atoms with E-state index in [9.17, 15) is 0 Å². The molecule has 4 rings (SSSR count). The molecule has 0 bridgehead atoms. The fraction of sp³-hybridized carbons (Fsp3) is 0.125. The van der Waals surface area contributed by atoms with E-state index in [1.807, 2.05) is 35.7 Å². The topological polar surface area (TPSA) is 44.2 Å². The maximum Gasteiger partial charge on any atom is 0.162 e. The van der Waals surface area contributed by atoms with Crippen molar-refractivity contribution in [2.24, 2.45) is 0 Å². The van der Waals surface area contributed by atoms with E-state index in [0.717, 1.165) is 33.3 Å². The summed E-state index contributed by atoms with van der Waals surface area (Å²) in [4.78, 5) is 8.67. The van der Waals surface area contributed by atoms with Crippen LogP contribution in [0.3, 0.4) is 0 Å². The fourth-order valence-corrected chi connectivity index (χ4v) is 3.28. The molecule has 1 aliphatic heterocycles. The van der Waals surface area contributed by atoms with Crippen LogP contribution >= 0.6 is 22.9 Å². The van der Waals surface area contributed by atoms with Crippen LogP contribution in [0.4, 0.5) is 0 Å². The molecule has 3 aromatic rings. The number of pyridine rings is 1. The van der Waals surface area contributed by atoms with Crippen LogP contribution in [0.15, 0.2) is 41.9 Å². The molecule has 110 valence electrons. The van der Waals surface area contributed by atoms with E-state index in [-0.39, 0.29) is 0 Å². The number of fused-ring (bicyclic) bond motifs is 1. The van der Waals surface area contributed by atoms with Gasteiger partial charge < -0.3 is 9.47 Å². The van der Waals surface area contributed by atoms with E-state index in [1.54, 1.807) is 17.5 Å². The molecule has 1 aliphatic rings. The first kappa shape index (κ1) is 13.5. The first-order chi connectivity index (χ1) is 10.8. The molecule has 0 fully saturated rings. The Balaban J connectivity index is 1.69. The van der Waals surface area contributed by atoms with Crippen LogP contribution < -0.4 is 9.47 Å². The van der Waals surface area contributed by atoms with Gasteiger partial charge in [0, 0.05) is 22.7 Å². The molecular formula is C16H11ClN2O2S. The number of halogens is 1. The number of hydrogen-bond donors (Lipinski definition) is 0. The van der Waals surface area contributed by atoms with Crippen LogP contribution in [-0.2, 0) is 0 Å². The van der Waals surface area contributed by atoms with Gasteiger partial charge in [-0.1, -0.05) is 11.6 Å². The zero-order valence-corrected chi connectivity index (χ0v) is 13.0. The van der Waals surface area contributed by atoms with E-state index in [1.165, 1.54) is 0 Å². The minimum absolute atomic E-state index is 0.466. The second-order valence-corrected chi connectivity index (χ2v) is 6.01. The second-order valence-electron chi connectivity index (χ2n) is 4.76. The van der Waals surface area contributed by atoms with E-state index < -0.39 is 0 Å². The summed E-state index contributed by atoms with van der Waals surface area (Å²) in [6.07, 6.45) is 1.68. The summed E-state index contributed by atoms with van der Waals surface area (Å²) in [7, 11) is 0. The lowest BCUT2D eigenvalue weighted by molar-refractivity contribution is 0.171. The number of aromatic nitrogens is 2. The van der Waals surface area contributed by atoms with Crippen LogP contribution in [0.25, 0.3) is 21.8 Å². The molecule has 2 aromatic heterocycles. The molecule has 0 N–H and O–H groups in total. The molecule has 1 aromatic carbocycles. The average Bonchev–Trinajstić information content (AvgIpc) is 3.04. The van der Waals surface area contributed by atoms with E-state index in [0.29, 0.717) is 18.4 Å². The van der Waals surface area contributed by atoms with E-state index in [2.05, 4.69) is 9.97 Å². The summed E-state index contributed by atoms with van der Waals surface area (Å²) >= 11 is 7.51. The monoisotopic (exact) mass is 330 g/mol. The number of hydrogen-bond acceptors (Lipinski definition) is 5. The van der Waals surface area contributed by atoms with Gasteiger partial charge in [-0.15, -0.1) is 11.3 Å². The third-order valence-corrected chi connectivity index (χ3v) is 4.41. The Labute approximate surface area is 136 Å². The smallest absolute Gasteiger partial charge is 0.162 e. The highest BCUT2D eigenvalue weighted by Crippen LogP contribution is 2.36. The van der Waals surface area contributed by atoms with Gasteiger partial charge in [-0.25, -0.2) is 9.97 Å². The first-order valence-electron chi connectivity index (χ1n) is 6.77. The van der Waals surface area contributed by atoms with Gasteiger partial charge in [-0.2, -0.15) is 0 Å². The first-order valence-corrected chi connectivity index (χ1v) is 8.03. The standard InChI is InChI=1S/C16H11ClN2O2S/c17-15-8-11(3-4-18-15)16-19-12(9-22-16)10-1-2-13-14(7-10)21-6-5-20-13/h1-4,7-9H,5-6H2. The fourth-order valence-electron chi connectivity index (χ4n) is 2.28. The Bertz CT molecular complexity index is 835. The van der Waals surface area contributed by atoms with Crippen molar-refractivity contribution in [1.29, 1.82) is 0 Å². The largest absolute Gasteiger partial charge is 0.486 e. The second kappa shape index (κ2) is 5.59. The molecule has 0 radical (unpaired) electrons. The Morgan fingerprint density at radius 3 is 2.73 bits per heavy atom. The Morgan fingerprint density at radius 2 is 1.86 bits per heavy atom. The maximum atomic E-state index is 5.93. The van der Waals surface area contributed by atoms with Crippen molar-refractivity contribution in [3.05, 3.63) is 47.1 Å². The summed E-state index contributed by atoms with van der Waals surface area (Å²) in [5.41, 5.74) is 2.88.